The van der Waals surface area contributed by atoms with Crippen molar-refractivity contribution in [3.8, 4) is 0 Å². The second-order valence-electron chi connectivity index (χ2n) is 3.52. The molecule has 0 bridgehead atoms. The number of carbonyl (C=O) groups is 1. The van der Waals surface area contributed by atoms with Crippen LogP contribution in [0.4, 0.5) is 5.69 Å². The zero-order chi connectivity index (χ0) is 10.3. The quantitative estimate of drug-likeness (QED) is 0.704. The number of likely N-dealkylation sites (N-methyl/N-ethyl adjacent to an activating group) is 1. The smallest absolute Gasteiger partial charge is 0.244 e. The van der Waals surface area contributed by atoms with Crippen LogP contribution in [-0.2, 0) is 4.79 Å². The molecule has 1 aromatic rings. The molecule has 0 saturated carbocycles. The van der Waals surface area contributed by atoms with Crippen molar-refractivity contribution in [3.05, 3.63) is 29.3 Å². The Morgan fingerprint density at radius 1 is 1.43 bits per heavy atom. The first-order valence-electron chi connectivity index (χ1n) is 4.56. The average molecular weight is 207 g/mol. The van der Waals surface area contributed by atoms with Crippen molar-refractivity contribution in [1.29, 1.82) is 0 Å². The van der Waals surface area contributed by atoms with Gasteiger partial charge in [-0.25, -0.2) is 0 Å². The van der Waals surface area contributed by atoms with E-state index in [2.05, 4.69) is 13.0 Å². The molecule has 1 unspecified atom stereocenters. The molecule has 0 N–H and O–H groups in total. The summed E-state index contributed by atoms with van der Waals surface area (Å²) in [6.07, 6.45) is 1.98. The van der Waals surface area contributed by atoms with Crippen molar-refractivity contribution >= 4 is 23.4 Å². The number of carbonyl (C=O) groups excluding carboxylic acids is 1. The minimum absolute atomic E-state index is 0.00352. The normalized spacial score (nSPS) is 20.1. The number of anilines is 1. The molecule has 1 aromatic carbocycles. The third-order valence-corrected chi connectivity index (χ3v) is 3.62. The topological polar surface area (TPSA) is 20.3 Å². The van der Waals surface area contributed by atoms with Gasteiger partial charge in [-0.1, -0.05) is 12.1 Å². The third-order valence-electron chi connectivity index (χ3n) is 2.72. The Balaban J connectivity index is 2.62. The molecular weight excluding hydrogens is 194 g/mol. The number of aryl methyl sites for hydroxylation is 1. The zero-order valence-corrected chi connectivity index (χ0v) is 9.39. The van der Waals surface area contributed by atoms with E-state index in [0.29, 0.717) is 0 Å². The molecule has 0 fully saturated rings. The van der Waals surface area contributed by atoms with Crippen molar-refractivity contribution < 1.29 is 4.79 Å². The molecule has 1 heterocycles. The first-order chi connectivity index (χ1) is 6.66. The van der Waals surface area contributed by atoms with Gasteiger partial charge < -0.3 is 4.90 Å². The Labute approximate surface area is 88.3 Å². The van der Waals surface area contributed by atoms with Crippen molar-refractivity contribution in [2.45, 2.75) is 12.2 Å². The largest absolute Gasteiger partial charge is 0.314 e. The van der Waals surface area contributed by atoms with Gasteiger partial charge in [-0.2, -0.15) is 0 Å². The first kappa shape index (κ1) is 9.59. The second-order valence-corrected chi connectivity index (χ2v) is 4.46. The predicted octanol–water partition coefficient (Wildman–Crippen LogP) is 2.38. The van der Waals surface area contributed by atoms with E-state index in [1.807, 2.05) is 25.4 Å². The van der Waals surface area contributed by atoms with Crippen LogP contribution < -0.4 is 4.90 Å². The van der Waals surface area contributed by atoms with E-state index in [1.54, 1.807) is 16.7 Å². The fraction of sp³-hybridized carbons (Fsp3) is 0.364. The van der Waals surface area contributed by atoms with E-state index in [0.717, 1.165) is 5.69 Å². The number of nitrogens with zero attached hydrogens (tertiary/aromatic N) is 1. The van der Waals surface area contributed by atoms with Gasteiger partial charge in [0.1, 0.15) is 5.25 Å². The van der Waals surface area contributed by atoms with Crippen LogP contribution >= 0.6 is 11.8 Å². The highest BCUT2D eigenvalue weighted by atomic mass is 32.2. The Hall–Kier alpha value is -0.960. The number of hydrogen-bond acceptors (Lipinski definition) is 2. The van der Waals surface area contributed by atoms with Crippen LogP contribution in [0.25, 0.3) is 0 Å². The summed E-state index contributed by atoms with van der Waals surface area (Å²) in [5.41, 5.74) is 3.46. The van der Waals surface area contributed by atoms with E-state index in [1.165, 1.54) is 11.1 Å². The van der Waals surface area contributed by atoms with Crippen LogP contribution in [0, 0.1) is 6.92 Å². The number of rotatable bonds is 1. The van der Waals surface area contributed by atoms with Gasteiger partial charge in [0.15, 0.2) is 0 Å². The molecule has 0 aliphatic carbocycles. The van der Waals surface area contributed by atoms with Crippen LogP contribution in [0.1, 0.15) is 16.4 Å². The van der Waals surface area contributed by atoms with Gasteiger partial charge in [0.05, 0.1) is 0 Å². The van der Waals surface area contributed by atoms with Crippen LogP contribution in [0.15, 0.2) is 18.2 Å². The molecule has 14 heavy (non-hydrogen) atoms. The lowest BCUT2D eigenvalue weighted by Gasteiger charge is -2.09. The fourth-order valence-electron chi connectivity index (χ4n) is 1.94. The maximum Gasteiger partial charge on any atom is 0.244 e. The Kier molecular flexibility index (Phi) is 2.27. The highest BCUT2D eigenvalue weighted by Gasteiger charge is 2.35. The molecule has 0 aromatic heterocycles. The van der Waals surface area contributed by atoms with Gasteiger partial charge in [0, 0.05) is 18.3 Å². The van der Waals surface area contributed by atoms with Gasteiger partial charge in [0.25, 0.3) is 0 Å². The van der Waals surface area contributed by atoms with E-state index >= 15 is 0 Å². The Morgan fingerprint density at radius 3 is 2.79 bits per heavy atom. The molecule has 1 aliphatic heterocycles. The summed E-state index contributed by atoms with van der Waals surface area (Å²) >= 11 is 1.61. The Bertz CT molecular complexity index is 389. The number of hydrogen-bond donors (Lipinski definition) is 0. The van der Waals surface area contributed by atoms with Gasteiger partial charge in [0.2, 0.25) is 5.91 Å². The zero-order valence-electron chi connectivity index (χ0n) is 8.57. The maximum atomic E-state index is 11.9. The molecule has 1 amide bonds. The minimum atomic E-state index is -0.00352. The van der Waals surface area contributed by atoms with Gasteiger partial charge in [-0.05, 0) is 24.8 Å². The highest BCUT2D eigenvalue weighted by molar-refractivity contribution is 7.99. The first-order valence-corrected chi connectivity index (χ1v) is 5.85. The molecule has 0 spiro atoms. The van der Waals surface area contributed by atoms with Crippen molar-refractivity contribution in [3.63, 3.8) is 0 Å². The summed E-state index contributed by atoms with van der Waals surface area (Å²) in [5.74, 6) is 0.196. The molecule has 3 heteroatoms. The number of benzene rings is 1. The standard InChI is InChI=1S/C11H13NOS/c1-7-5-4-6-8-9(7)10(14-3)11(13)12(8)2/h4-6,10H,1-3H3. The number of thioether (sulfide) groups is 1. The predicted molar refractivity (Wildman–Crippen MR) is 60.8 cm³/mol. The van der Waals surface area contributed by atoms with Crippen LogP contribution in [0.3, 0.4) is 0 Å². The van der Waals surface area contributed by atoms with Gasteiger partial charge in [-0.15, -0.1) is 11.8 Å². The van der Waals surface area contributed by atoms with Crippen LogP contribution in [-0.4, -0.2) is 19.2 Å². The van der Waals surface area contributed by atoms with E-state index < -0.39 is 0 Å². The molecule has 1 atom stereocenters. The molecule has 2 nitrogen and oxygen atoms in total. The molecule has 1 aliphatic rings. The van der Waals surface area contributed by atoms with Crippen molar-refractivity contribution in [2.75, 3.05) is 18.2 Å². The summed E-state index contributed by atoms with van der Waals surface area (Å²) in [7, 11) is 1.84. The van der Waals surface area contributed by atoms with Gasteiger partial charge in [-0.3, -0.25) is 4.79 Å². The molecular formula is C11H13NOS. The highest BCUT2D eigenvalue weighted by Crippen LogP contribution is 2.43. The number of amides is 1. The third kappa shape index (κ3) is 1.16. The molecule has 2 rings (SSSR count). The molecule has 74 valence electrons. The van der Waals surface area contributed by atoms with Crippen molar-refractivity contribution in [1.82, 2.24) is 0 Å². The maximum absolute atomic E-state index is 11.9. The fourth-order valence-corrected chi connectivity index (χ4v) is 2.84. The van der Waals surface area contributed by atoms with Gasteiger partial charge >= 0.3 is 0 Å². The SMILES string of the molecule is CSC1C(=O)N(C)c2cccc(C)c21. The van der Waals surface area contributed by atoms with Crippen LogP contribution in [0.5, 0.6) is 0 Å². The van der Waals surface area contributed by atoms with E-state index in [9.17, 15) is 4.79 Å². The molecule has 0 radical (unpaired) electrons. The lowest BCUT2D eigenvalue weighted by atomic mass is 10.1. The second kappa shape index (κ2) is 3.31. The Morgan fingerprint density at radius 2 is 2.14 bits per heavy atom. The summed E-state index contributed by atoms with van der Waals surface area (Å²) in [4.78, 5) is 13.6. The summed E-state index contributed by atoms with van der Waals surface area (Å²) < 4.78 is 0. The monoisotopic (exact) mass is 207 g/mol. The van der Waals surface area contributed by atoms with E-state index in [4.69, 9.17) is 0 Å². The van der Waals surface area contributed by atoms with E-state index in [-0.39, 0.29) is 11.2 Å². The lowest BCUT2D eigenvalue weighted by molar-refractivity contribution is -0.117. The minimum Gasteiger partial charge on any atom is -0.314 e. The summed E-state index contributed by atoms with van der Waals surface area (Å²) in [6, 6.07) is 6.08. The molecule has 0 saturated heterocycles. The average Bonchev–Trinajstić information content (AvgIpc) is 2.43. The summed E-state index contributed by atoms with van der Waals surface area (Å²) in [6.45, 7) is 2.06. The lowest BCUT2D eigenvalue weighted by Crippen LogP contribution is -2.22. The summed E-state index contributed by atoms with van der Waals surface area (Å²) in [5, 5.41) is -0.00352. The number of fused-ring (bicyclic) bond motifs is 1. The van der Waals surface area contributed by atoms with Crippen molar-refractivity contribution in [2.24, 2.45) is 0 Å². The van der Waals surface area contributed by atoms with Crippen LogP contribution in [0.2, 0.25) is 0 Å².